The van der Waals surface area contributed by atoms with E-state index < -0.39 is 11.5 Å². The molecule has 2 atom stereocenters. The van der Waals surface area contributed by atoms with E-state index in [0.29, 0.717) is 18.8 Å². The first kappa shape index (κ1) is 12.5. The number of ether oxygens (including phenoxy) is 1. The zero-order valence-electron chi connectivity index (χ0n) is 9.88. The number of hydrogen-bond acceptors (Lipinski definition) is 2. The lowest BCUT2D eigenvalue weighted by molar-refractivity contribution is 0.0474. The molecule has 0 bridgehead atoms. The Kier molecular flexibility index (Phi) is 3.74. The molecule has 0 aromatic heterocycles. The van der Waals surface area contributed by atoms with Crippen molar-refractivity contribution in [3.05, 3.63) is 35.6 Å². The number of nitrogens with one attached hydrogen (secondary N) is 1. The molecule has 1 heterocycles. The molecule has 2 unspecified atom stereocenters. The molecule has 4 heteroatoms. The third-order valence-electron chi connectivity index (χ3n) is 3.05. The van der Waals surface area contributed by atoms with Crippen LogP contribution in [0.3, 0.4) is 0 Å². The van der Waals surface area contributed by atoms with Crippen molar-refractivity contribution in [1.82, 2.24) is 5.32 Å². The Balaban J connectivity index is 2.06. The molecular formula is C13H17F2NO. The third-order valence-corrected chi connectivity index (χ3v) is 3.05. The molecule has 2 rings (SSSR count). The first-order valence-electron chi connectivity index (χ1n) is 5.84. The summed E-state index contributed by atoms with van der Waals surface area (Å²) in [6.07, 6.45) is 0.288. The molecule has 0 saturated carbocycles. The Labute approximate surface area is 100.0 Å². The quantitative estimate of drug-likeness (QED) is 0.877. The van der Waals surface area contributed by atoms with Crippen molar-refractivity contribution < 1.29 is 13.5 Å². The number of hydrogen-bond donors (Lipinski definition) is 1. The van der Waals surface area contributed by atoms with Gasteiger partial charge in [-0.25, -0.2) is 8.78 Å². The maximum absolute atomic E-state index is 14.5. The molecule has 1 aliphatic heterocycles. The summed E-state index contributed by atoms with van der Waals surface area (Å²) in [5, 5.41) is 3.20. The van der Waals surface area contributed by atoms with Crippen LogP contribution < -0.4 is 5.32 Å². The van der Waals surface area contributed by atoms with E-state index in [9.17, 15) is 8.78 Å². The van der Waals surface area contributed by atoms with E-state index >= 15 is 0 Å². The van der Waals surface area contributed by atoms with E-state index in [4.69, 9.17) is 4.74 Å². The van der Waals surface area contributed by atoms with Gasteiger partial charge in [-0.15, -0.1) is 0 Å². The topological polar surface area (TPSA) is 21.3 Å². The predicted molar refractivity (Wildman–Crippen MR) is 62.1 cm³/mol. The lowest BCUT2D eigenvalue weighted by atomic mass is 9.90. The van der Waals surface area contributed by atoms with Gasteiger partial charge >= 0.3 is 0 Å². The Bertz CT molecular complexity index is 375. The fraction of sp³-hybridized carbons (Fsp3) is 0.538. The van der Waals surface area contributed by atoms with Crippen molar-refractivity contribution >= 4 is 0 Å². The lowest BCUT2D eigenvalue weighted by Gasteiger charge is -2.30. The molecule has 1 aliphatic rings. The monoisotopic (exact) mass is 241 g/mol. The van der Waals surface area contributed by atoms with Crippen molar-refractivity contribution in [3.63, 3.8) is 0 Å². The smallest absolute Gasteiger partial charge is 0.134 e. The minimum absolute atomic E-state index is 0.0120. The van der Waals surface area contributed by atoms with Crippen molar-refractivity contribution in [3.8, 4) is 0 Å². The largest absolute Gasteiger partial charge is 0.379 e. The van der Waals surface area contributed by atoms with Gasteiger partial charge in [0.15, 0.2) is 0 Å². The summed E-state index contributed by atoms with van der Waals surface area (Å²) in [6.45, 7) is 3.40. The van der Waals surface area contributed by atoms with E-state index in [-0.39, 0.29) is 12.5 Å². The van der Waals surface area contributed by atoms with E-state index in [2.05, 4.69) is 5.32 Å². The fourth-order valence-electron chi connectivity index (χ4n) is 2.14. The van der Waals surface area contributed by atoms with E-state index in [1.807, 2.05) is 0 Å². The molecule has 1 N–H and O–H groups in total. The minimum atomic E-state index is -1.54. The standard InChI is InChI=1S/C13H17F2NO/c1-13(15,8-12-9-17-6-5-16-12)10-3-2-4-11(14)7-10/h2-4,7,12,16H,5-6,8-9H2,1H3. The molecule has 0 spiro atoms. The van der Waals surface area contributed by atoms with Gasteiger partial charge in [0.25, 0.3) is 0 Å². The summed E-state index contributed by atoms with van der Waals surface area (Å²) in [4.78, 5) is 0. The molecule has 2 nitrogen and oxygen atoms in total. The summed E-state index contributed by atoms with van der Waals surface area (Å²) < 4.78 is 32.9. The first-order valence-corrected chi connectivity index (χ1v) is 5.84. The number of alkyl halides is 1. The summed E-state index contributed by atoms with van der Waals surface area (Å²) in [5.41, 5.74) is -1.16. The van der Waals surface area contributed by atoms with Gasteiger partial charge in [0, 0.05) is 19.0 Å². The number of benzene rings is 1. The average Bonchev–Trinajstić information content (AvgIpc) is 2.30. The van der Waals surface area contributed by atoms with E-state index in [1.165, 1.54) is 25.1 Å². The fourth-order valence-corrected chi connectivity index (χ4v) is 2.14. The highest BCUT2D eigenvalue weighted by atomic mass is 19.1. The van der Waals surface area contributed by atoms with Crippen molar-refractivity contribution in [2.45, 2.75) is 25.1 Å². The van der Waals surface area contributed by atoms with Gasteiger partial charge in [-0.3, -0.25) is 0 Å². The Morgan fingerprint density at radius 3 is 3.00 bits per heavy atom. The molecule has 1 fully saturated rings. The predicted octanol–water partition coefficient (Wildman–Crippen LogP) is 2.39. The summed E-state index contributed by atoms with van der Waals surface area (Å²) in [5.74, 6) is -0.403. The summed E-state index contributed by atoms with van der Waals surface area (Å²) in [6, 6.07) is 5.72. The van der Waals surface area contributed by atoms with Crippen LogP contribution in [0.5, 0.6) is 0 Å². The summed E-state index contributed by atoms with van der Waals surface area (Å²) >= 11 is 0. The molecule has 1 saturated heterocycles. The van der Waals surface area contributed by atoms with Crippen LogP contribution in [-0.4, -0.2) is 25.8 Å². The average molecular weight is 241 g/mol. The van der Waals surface area contributed by atoms with Crippen molar-refractivity contribution in [1.29, 1.82) is 0 Å². The van der Waals surface area contributed by atoms with Gasteiger partial charge in [0.2, 0.25) is 0 Å². The van der Waals surface area contributed by atoms with Gasteiger partial charge in [-0.2, -0.15) is 0 Å². The van der Waals surface area contributed by atoms with Gasteiger partial charge < -0.3 is 10.1 Å². The van der Waals surface area contributed by atoms with Crippen LogP contribution in [-0.2, 0) is 10.4 Å². The Hall–Kier alpha value is -1.00. The van der Waals surface area contributed by atoms with Crippen LogP contribution in [0.25, 0.3) is 0 Å². The van der Waals surface area contributed by atoms with Crippen molar-refractivity contribution in [2.75, 3.05) is 19.8 Å². The molecule has 94 valence electrons. The van der Waals surface area contributed by atoms with Crippen LogP contribution in [0.4, 0.5) is 8.78 Å². The lowest BCUT2D eigenvalue weighted by Crippen LogP contribution is -2.44. The van der Waals surface area contributed by atoms with Gasteiger partial charge in [-0.1, -0.05) is 12.1 Å². The van der Waals surface area contributed by atoms with E-state index in [0.717, 1.165) is 6.54 Å². The SMILES string of the molecule is CC(F)(CC1COCCN1)c1cccc(F)c1. The third kappa shape index (κ3) is 3.23. The zero-order chi connectivity index (χ0) is 12.3. The van der Waals surface area contributed by atoms with Crippen LogP contribution in [0.1, 0.15) is 18.9 Å². The Morgan fingerprint density at radius 2 is 2.35 bits per heavy atom. The second kappa shape index (κ2) is 5.10. The highest BCUT2D eigenvalue weighted by Gasteiger charge is 2.30. The number of halogens is 2. The number of rotatable bonds is 3. The molecule has 1 aromatic rings. The van der Waals surface area contributed by atoms with Crippen LogP contribution in [0.15, 0.2) is 24.3 Å². The van der Waals surface area contributed by atoms with Crippen LogP contribution in [0, 0.1) is 5.82 Å². The van der Waals surface area contributed by atoms with Gasteiger partial charge in [0.05, 0.1) is 13.2 Å². The molecule has 17 heavy (non-hydrogen) atoms. The number of morpholine rings is 1. The second-order valence-electron chi connectivity index (χ2n) is 4.64. The van der Waals surface area contributed by atoms with Crippen LogP contribution in [0.2, 0.25) is 0 Å². The van der Waals surface area contributed by atoms with Gasteiger partial charge in [0.1, 0.15) is 11.5 Å². The molecule has 0 aliphatic carbocycles. The molecular weight excluding hydrogens is 224 g/mol. The second-order valence-corrected chi connectivity index (χ2v) is 4.64. The maximum Gasteiger partial charge on any atom is 0.134 e. The minimum Gasteiger partial charge on any atom is -0.379 e. The molecule has 1 aromatic carbocycles. The summed E-state index contributed by atoms with van der Waals surface area (Å²) in [7, 11) is 0. The highest BCUT2D eigenvalue weighted by Crippen LogP contribution is 2.31. The van der Waals surface area contributed by atoms with Crippen molar-refractivity contribution in [2.24, 2.45) is 0 Å². The van der Waals surface area contributed by atoms with Crippen LogP contribution >= 0.6 is 0 Å². The Morgan fingerprint density at radius 1 is 1.53 bits per heavy atom. The molecule has 0 amide bonds. The van der Waals surface area contributed by atoms with E-state index in [1.54, 1.807) is 6.07 Å². The maximum atomic E-state index is 14.5. The van der Waals surface area contributed by atoms with Gasteiger partial charge in [-0.05, 0) is 24.6 Å². The highest BCUT2D eigenvalue weighted by molar-refractivity contribution is 5.23. The normalized spacial score (nSPS) is 24.3. The molecule has 0 radical (unpaired) electrons. The first-order chi connectivity index (χ1) is 8.08. The zero-order valence-corrected chi connectivity index (χ0v) is 9.88.